The largest absolute Gasteiger partial charge is 0.493 e. The van der Waals surface area contributed by atoms with Crippen LogP contribution >= 0.6 is 11.3 Å². The minimum atomic E-state index is -0.801. The Morgan fingerprint density at radius 1 is 0.963 bits per heavy atom. The van der Waals surface area contributed by atoms with Gasteiger partial charge in [0.2, 0.25) is 0 Å². The molecule has 0 spiro atoms. The van der Waals surface area contributed by atoms with Crippen LogP contribution in [0.2, 0.25) is 0 Å². The Morgan fingerprint density at radius 2 is 1.78 bits per heavy atom. The van der Waals surface area contributed by atoms with E-state index < -0.39 is 17.5 Å². The lowest BCUT2D eigenvalue weighted by Crippen LogP contribution is -2.33. The van der Waals surface area contributed by atoms with Crippen LogP contribution in [0.4, 0.5) is 10.9 Å². The molecule has 0 radical (unpaired) electrons. The van der Waals surface area contributed by atoms with Gasteiger partial charge >= 0.3 is 11.9 Å². The van der Waals surface area contributed by atoms with Crippen molar-refractivity contribution in [3.05, 3.63) is 101 Å². The summed E-state index contributed by atoms with van der Waals surface area (Å²) in [4.78, 5) is 52.2. The van der Waals surface area contributed by atoms with Crippen molar-refractivity contribution in [2.24, 2.45) is 5.92 Å². The lowest BCUT2D eigenvalue weighted by molar-refractivity contribution is -0.138. The van der Waals surface area contributed by atoms with Crippen molar-refractivity contribution in [1.82, 2.24) is 14.9 Å². The zero-order valence-electron chi connectivity index (χ0n) is 31.1. The number of para-hydroxylation sites is 1. The Kier molecular flexibility index (Phi) is 10.7. The van der Waals surface area contributed by atoms with E-state index in [1.165, 1.54) is 11.3 Å². The Morgan fingerprint density at radius 3 is 2.57 bits per heavy atom. The monoisotopic (exact) mass is 747 g/mol. The number of hydrogen-bond donors (Lipinski definition) is 2. The van der Waals surface area contributed by atoms with Crippen LogP contribution in [0.1, 0.15) is 71.1 Å². The second-order valence-electron chi connectivity index (χ2n) is 15.0. The number of carboxylic acids is 1. The number of carbonyl (C=O) groups excluding carboxylic acids is 2. The molecule has 0 unspecified atom stereocenters. The highest BCUT2D eigenvalue weighted by atomic mass is 32.1. The van der Waals surface area contributed by atoms with Crippen LogP contribution in [-0.2, 0) is 22.5 Å². The maximum atomic E-state index is 13.8. The molecule has 54 heavy (non-hydrogen) atoms. The summed E-state index contributed by atoms with van der Waals surface area (Å²) in [6, 6.07) is 23.3. The van der Waals surface area contributed by atoms with Gasteiger partial charge in [0, 0.05) is 30.8 Å². The van der Waals surface area contributed by atoms with Crippen molar-refractivity contribution in [3.63, 3.8) is 0 Å². The third-order valence-corrected chi connectivity index (χ3v) is 10.9. The van der Waals surface area contributed by atoms with E-state index in [9.17, 15) is 14.4 Å². The second-order valence-corrected chi connectivity index (χ2v) is 16.0. The number of pyridine rings is 1. The van der Waals surface area contributed by atoms with Gasteiger partial charge in [-0.3, -0.25) is 19.8 Å². The third kappa shape index (κ3) is 8.40. The molecule has 0 aliphatic carbocycles. The SMILES string of the molecule is Cc1c(OCC[C@H]2CCN(CC(=O)O)C2)cccc1-c1ccc(N2CCc3cccc(C(=O)Nc4nc5ccccc5s4)c3C2)nc1C(=O)OC(C)(C)C. The first-order chi connectivity index (χ1) is 25.9. The fourth-order valence-corrected chi connectivity index (χ4v) is 8.15. The van der Waals surface area contributed by atoms with Gasteiger partial charge in [-0.1, -0.05) is 47.7 Å². The number of aliphatic carboxylic acids is 1. The zero-order valence-corrected chi connectivity index (χ0v) is 31.9. The lowest BCUT2D eigenvalue weighted by Gasteiger charge is -2.31. The molecule has 1 amide bonds. The maximum Gasteiger partial charge on any atom is 0.358 e. The molecule has 2 N–H and O–H groups in total. The predicted octanol–water partition coefficient (Wildman–Crippen LogP) is 7.61. The molecular weight excluding hydrogens is 703 g/mol. The minimum Gasteiger partial charge on any atom is -0.493 e. The Bertz CT molecular complexity index is 2180. The van der Waals surface area contributed by atoms with Crippen LogP contribution < -0.4 is 15.0 Å². The predicted molar refractivity (Wildman–Crippen MR) is 211 cm³/mol. The summed E-state index contributed by atoms with van der Waals surface area (Å²) >= 11 is 1.44. The molecule has 7 rings (SSSR count). The first-order valence-electron chi connectivity index (χ1n) is 18.4. The molecule has 1 saturated heterocycles. The Labute approximate surface area is 318 Å². The fraction of sp³-hybridized carbons (Fsp3) is 0.357. The summed E-state index contributed by atoms with van der Waals surface area (Å²) in [5.41, 5.74) is 5.26. The molecule has 3 aromatic carbocycles. The van der Waals surface area contributed by atoms with Crippen molar-refractivity contribution in [3.8, 4) is 16.9 Å². The number of carboxylic acid groups (broad SMARTS) is 1. The van der Waals surface area contributed by atoms with Crippen LogP contribution in [0, 0.1) is 12.8 Å². The van der Waals surface area contributed by atoms with Gasteiger partial charge in [-0.05, 0) is 118 Å². The number of nitrogens with one attached hydrogen (secondary N) is 1. The van der Waals surface area contributed by atoms with Crippen LogP contribution in [0.3, 0.4) is 0 Å². The van der Waals surface area contributed by atoms with Gasteiger partial charge in [-0.2, -0.15) is 0 Å². The van der Waals surface area contributed by atoms with E-state index in [4.69, 9.17) is 19.6 Å². The number of anilines is 2. The molecule has 11 nitrogen and oxygen atoms in total. The van der Waals surface area contributed by atoms with E-state index in [1.54, 1.807) is 0 Å². The number of nitrogens with zero attached hydrogens (tertiary/aromatic N) is 4. The molecule has 1 fully saturated rings. The van der Waals surface area contributed by atoms with Crippen molar-refractivity contribution < 1.29 is 29.0 Å². The number of carbonyl (C=O) groups is 3. The first-order valence-corrected chi connectivity index (χ1v) is 19.2. The van der Waals surface area contributed by atoms with E-state index in [0.29, 0.717) is 54.1 Å². The number of aromatic nitrogens is 2. The molecule has 12 heteroatoms. The van der Waals surface area contributed by atoms with E-state index >= 15 is 0 Å². The number of benzene rings is 3. The van der Waals surface area contributed by atoms with E-state index in [0.717, 1.165) is 64.2 Å². The highest BCUT2D eigenvalue weighted by Gasteiger charge is 2.28. The summed E-state index contributed by atoms with van der Waals surface area (Å²) in [6.45, 7) is 10.7. The first kappa shape index (κ1) is 37.0. The van der Waals surface area contributed by atoms with Crippen LogP contribution in [0.5, 0.6) is 5.75 Å². The van der Waals surface area contributed by atoms with Crippen LogP contribution in [0.25, 0.3) is 21.3 Å². The summed E-state index contributed by atoms with van der Waals surface area (Å²) in [6.07, 6.45) is 2.48. The molecule has 2 aliphatic heterocycles. The smallest absolute Gasteiger partial charge is 0.358 e. The van der Waals surface area contributed by atoms with Gasteiger partial charge in [0.1, 0.15) is 17.2 Å². The zero-order chi connectivity index (χ0) is 38.0. The number of fused-ring (bicyclic) bond motifs is 2. The molecular formula is C42H45N5O6S. The molecule has 2 aromatic heterocycles. The van der Waals surface area contributed by atoms with E-state index in [2.05, 4.69) is 21.3 Å². The quantitative estimate of drug-likeness (QED) is 0.130. The number of esters is 1. The van der Waals surface area contributed by atoms with Crippen molar-refractivity contribution in [2.45, 2.75) is 59.1 Å². The van der Waals surface area contributed by atoms with E-state index in [1.807, 2.05) is 99.3 Å². The second kappa shape index (κ2) is 15.6. The number of rotatable bonds is 11. The van der Waals surface area contributed by atoms with Gasteiger partial charge in [0.05, 0.1) is 23.4 Å². The molecule has 5 aromatic rings. The highest BCUT2D eigenvalue weighted by molar-refractivity contribution is 7.22. The van der Waals surface area contributed by atoms with Crippen molar-refractivity contribution in [1.29, 1.82) is 0 Å². The summed E-state index contributed by atoms with van der Waals surface area (Å²) in [5, 5.41) is 12.7. The molecule has 4 heterocycles. The van der Waals surface area contributed by atoms with Crippen molar-refractivity contribution in [2.75, 3.05) is 43.0 Å². The summed E-state index contributed by atoms with van der Waals surface area (Å²) < 4.78 is 13.2. The minimum absolute atomic E-state index is 0.0698. The topological polar surface area (TPSA) is 134 Å². The number of likely N-dealkylation sites (tertiary alicyclic amines) is 1. The summed E-state index contributed by atoms with van der Waals surface area (Å²) in [5.74, 6) is 0.178. The van der Waals surface area contributed by atoms with Gasteiger partial charge in [-0.25, -0.2) is 14.8 Å². The van der Waals surface area contributed by atoms with Crippen LogP contribution in [0.15, 0.2) is 72.8 Å². The van der Waals surface area contributed by atoms with Gasteiger partial charge in [0.25, 0.3) is 5.91 Å². The number of ether oxygens (including phenoxy) is 2. The maximum absolute atomic E-state index is 13.8. The molecule has 1 atom stereocenters. The highest BCUT2D eigenvalue weighted by Crippen LogP contribution is 2.36. The number of amides is 1. The van der Waals surface area contributed by atoms with Gasteiger partial charge in [-0.15, -0.1) is 0 Å². The Hall–Kier alpha value is -5.33. The number of hydrogen-bond acceptors (Lipinski definition) is 10. The van der Waals surface area contributed by atoms with Crippen molar-refractivity contribution >= 4 is 50.3 Å². The van der Waals surface area contributed by atoms with Gasteiger partial charge in [0.15, 0.2) is 10.8 Å². The molecule has 0 saturated carbocycles. The normalized spacial score (nSPS) is 15.9. The molecule has 280 valence electrons. The lowest BCUT2D eigenvalue weighted by atomic mass is 9.94. The molecule has 2 aliphatic rings. The molecule has 0 bridgehead atoms. The number of thiazole rings is 1. The standard InChI is InChI=1S/C42H45N5O6S/c1-26-29(10-8-13-34(26)52-22-19-27-17-20-46(23-27)25-37(48)49)30-15-16-36(44-38(30)40(51)53-42(2,3)4)47-21-18-28-9-7-11-31(32(28)24-47)39(50)45-41-43-33-12-5-6-14-35(33)54-41/h5-16,27H,17-25H2,1-4H3,(H,48,49)(H,43,45,50)/t27-/m1/s1. The van der Waals surface area contributed by atoms with Crippen LogP contribution in [-0.4, -0.2) is 76.2 Å². The fourth-order valence-electron chi connectivity index (χ4n) is 7.29. The van der Waals surface area contributed by atoms with Gasteiger partial charge < -0.3 is 19.5 Å². The average molecular weight is 748 g/mol. The third-order valence-electron chi connectivity index (χ3n) is 9.92. The average Bonchev–Trinajstić information content (AvgIpc) is 3.76. The summed E-state index contributed by atoms with van der Waals surface area (Å²) in [7, 11) is 0. The Balaban J connectivity index is 1.12. The van der Waals surface area contributed by atoms with E-state index in [-0.39, 0.29) is 18.1 Å².